The Morgan fingerprint density at radius 2 is 2.05 bits per heavy atom. The molecule has 0 aliphatic heterocycles. The minimum Gasteiger partial charge on any atom is -0.325 e. The molecule has 1 heterocycles. The number of halogens is 1. The Kier molecular flexibility index (Phi) is 4.64. The first kappa shape index (κ1) is 14.0. The zero-order valence-corrected chi connectivity index (χ0v) is 11.3. The van der Waals surface area contributed by atoms with Gasteiger partial charge in [-0.2, -0.15) is 5.26 Å². The van der Waals surface area contributed by atoms with Gasteiger partial charge >= 0.3 is 0 Å². The molecule has 0 saturated carbocycles. The number of nitrogens with zero attached hydrogens (tertiary/aromatic N) is 4. The van der Waals surface area contributed by atoms with Gasteiger partial charge in [-0.15, -0.1) is 0 Å². The Bertz CT molecular complexity index is 639. The number of aromatic nitrogens is 2. The van der Waals surface area contributed by atoms with Crippen LogP contribution in [0.15, 0.2) is 36.7 Å². The molecule has 0 fully saturated rings. The summed E-state index contributed by atoms with van der Waals surface area (Å²) in [5, 5.41) is 8.88. The van der Waals surface area contributed by atoms with Gasteiger partial charge in [0.05, 0.1) is 18.1 Å². The van der Waals surface area contributed by atoms with E-state index in [9.17, 15) is 4.79 Å². The first-order chi connectivity index (χ1) is 9.77. The van der Waals surface area contributed by atoms with E-state index < -0.39 is 0 Å². The minimum absolute atomic E-state index is 0.0999. The van der Waals surface area contributed by atoms with Gasteiger partial charge in [0.25, 0.3) is 0 Å². The molecule has 0 amide bonds. The van der Waals surface area contributed by atoms with Gasteiger partial charge in [-0.3, -0.25) is 4.79 Å². The molecule has 6 heteroatoms. The van der Waals surface area contributed by atoms with E-state index in [4.69, 9.17) is 16.9 Å². The van der Waals surface area contributed by atoms with Gasteiger partial charge in [-0.25, -0.2) is 9.97 Å². The summed E-state index contributed by atoms with van der Waals surface area (Å²) >= 11 is 5.92. The van der Waals surface area contributed by atoms with Crippen LogP contribution in [0.1, 0.15) is 16.8 Å². The van der Waals surface area contributed by atoms with Crippen molar-refractivity contribution in [3.63, 3.8) is 0 Å². The monoisotopic (exact) mass is 286 g/mol. The van der Waals surface area contributed by atoms with E-state index in [0.717, 1.165) is 5.69 Å². The van der Waals surface area contributed by atoms with E-state index in [0.29, 0.717) is 25.1 Å². The molecule has 0 saturated heterocycles. The van der Waals surface area contributed by atoms with Crippen molar-refractivity contribution in [2.24, 2.45) is 0 Å². The molecule has 0 aliphatic carbocycles. The fraction of sp³-hybridized carbons (Fsp3) is 0.143. The number of carbonyl (C=O) groups excluding carboxylic acids is 1. The van der Waals surface area contributed by atoms with E-state index >= 15 is 0 Å². The summed E-state index contributed by atoms with van der Waals surface area (Å²) in [4.78, 5) is 20.9. The number of nitriles is 1. The molecular formula is C14H11ClN4O. The zero-order valence-electron chi connectivity index (χ0n) is 10.5. The number of benzene rings is 1. The van der Waals surface area contributed by atoms with Crippen LogP contribution in [0.25, 0.3) is 0 Å². The van der Waals surface area contributed by atoms with Crippen LogP contribution in [0.4, 0.5) is 11.5 Å². The van der Waals surface area contributed by atoms with E-state index in [1.807, 2.05) is 30.3 Å². The quantitative estimate of drug-likeness (QED) is 0.624. The highest BCUT2D eigenvalue weighted by atomic mass is 35.5. The Balaban J connectivity index is 2.50. The van der Waals surface area contributed by atoms with Gasteiger partial charge in [-0.05, 0) is 12.1 Å². The number of hydrogen-bond donors (Lipinski definition) is 0. The predicted octanol–water partition coefficient (Wildman–Crippen LogP) is 2.99. The summed E-state index contributed by atoms with van der Waals surface area (Å²) in [6.07, 6.45) is 2.22. The Morgan fingerprint density at radius 1 is 1.30 bits per heavy atom. The van der Waals surface area contributed by atoms with Crippen molar-refractivity contribution in [1.29, 1.82) is 5.26 Å². The SMILES string of the molecule is N#CCCN(c1ccccc1)c1ncnc(Cl)c1C=O. The third kappa shape index (κ3) is 2.92. The number of rotatable bonds is 5. The molecule has 0 atom stereocenters. The summed E-state index contributed by atoms with van der Waals surface area (Å²) in [5.74, 6) is 0.404. The minimum atomic E-state index is 0.0999. The van der Waals surface area contributed by atoms with Crippen LogP contribution in [0.2, 0.25) is 5.15 Å². The lowest BCUT2D eigenvalue weighted by Crippen LogP contribution is -2.21. The van der Waals surface area contributed by atoms with Crippen LogP contribution in [0, 0.1) is 11.3 Å². The third-order valence-corrected chi connectivity index (χ3v) is 3.00. The molecule has 0 bridgehead atoms. The first-order valence-corrected chi connectivity index (χ1v) is 6.31. The van der Waals surface area contributed by atoms with Crippen LogP contribution < -0.4 is 4.90 Å². The molecule has 2 aromatic rings. The molecule has 5 nitrogen and oxygen atoms in total. The van der Waals surface area contributed by atoms with Crippen molar-refractivity contribution in [2.45, 2.75) is 6.42 Å². The van der Waals surface area contributed by atoms with Crippen LogP contribution in [0.5, 0.6) is 0 Å². The third-order valence-electron chi connectivity index (χ3n) is 2.70. The summed E-state index contributed by atoms with van der Waals surface area (Å²) in [5.41, 5.74) is 1.05. The van der Waals surface area contributed by atoms with Gasteiger partial charge in [0, 0.05) is 12.2 Å². The molecule has 0 N–H and O–H groups in total. The van der Waals surface area contributed by atoms with Gasteiger partial charge < -0.3 is 4.90 Å². The Hall–Kier alpha value is -2.45. The molecular weight excluding hydrogens is 276 g/mol. The van der Waals surface area contributed by atoms with Gasteiger partial charge in [-0.1, -0.05) is 29.8 Å². The van der Waals surface area contributed by atoms with Gasteiger partial charge in [0.2, 0.25) is 0 Å². The number of para-hydroxylation sites is 1. The van der Waals surface area contributed by atoms with E-state index in [1.165, 1.54) is 6.33 Å². The molecule has 0 aliphatic rings. The molecule has 0 radical (unpaired) electrons. The van der Waals surface area contributed by atoms with Crippen LogP contribution in [0.3, 0.4) is 0 Å². The van der Waals surface area contributed by atoms with Crippen LogP contribution in [-0.2, 0) is 0 Å². The standard InChI is InChI=1S/C14H11ClN4O/c15-13-12(9-20)14(18-10-17-13)19(8-4-7-16)11-5-2-1-3-6-11/h1-3,5-6,9-10H,4,8H2. The molecule has 2 rings (SSSR count). The van der Waals surface area contributed by atoms with Crippen molar-refractivity contribution in [2.75, 3.05) is 11.4 Å². The molecule has 0 unspecified atom stereocenters. The molecule has 1 aromatic heterocycles. The van der Waals surface area contributed by atoms with E-state index in [1.54, 1.807) is 4.90 Å². The van der Waals surface area contributed by atoms with Crippen molar-refractivity contribution in [3.05, 3.63) is 47.4 Å². The first-order valence-electron chi connectivity index (χ1n) is 5.93. The van der Waals surface area contributed by atoms with Gasteiger partial charge in [0.15, 0.2) is 6.29 Å². The van der Waals surface area contributed by atoms with Crippen molar-refractivity contribution < 1.29 is 4.79 Å². The maximum atomic E-state index is 11.2. The maximum absolute atomic E-state index is 11.2. The smallest absolute Gasteiger partial charge is 0.156 e. The fourth-order valence-electron chi connectivity index (χ4n) is 1.81. The zero-order chi connectivity index (χ0) is 14.4. The second kappa shape index (κ2) is 6.64. The highest BCUT2D eigenvalue weighted by molar-refractivity contribution is 6.32. The summed E-state index contributed by atoms with van der Waals surface area (Å²) in [7, 11) is 0. The largest absolute Gasteiger partial charge is 0.325 e. The Labute approximate surface area is 121 Å². The lowest BCUT2D eigenvalue weighted by Gasteiger charge is -2.23. The highest BCUT2D eigenvalue weighted by Gasteiger charge is 2.17. The molecule has 1 aromatic carbocycles. The topological polar surface area (TPSA) is 69.9 Å². The second-order valence-corrected chi connectivity index (χ2v) is 4.27. The van der Waals surface area contributed by atoms with Crippen LogP contribution in [-0.4, -0.2) is 22.8 Å². The number of hydrogen-bond acceptors (Lipinski definition) is 5. The Morgan fingerprint density at radius 3 is 2.70 bits per heavy atom. The van der Waals surface area contributed by atoms with Crippen molar-refractivity contribution in [1.82, 2.24) is 9.97 Å². The molecule has 100 valence electrons. The van der Waals surface area contributed by atoms with Crippen molar-refractivity contribution in [3.8, 4) is 6.07 Å². The number of anilines is 2. The number of carbonyl (C=O) groups is 1. The predicted molar refractivity (Wildman–Crippen MR) is 76.1 cm³/mol. The highest BCUT2D eigenvalue weighted by Crippen LogP contribution is 2.28. The maximum Gasteiger partial charge on any atom is 0.156 e. The normalized spacial score (nSPS) is 9.80. The fourth-order valence-corrected chi connectivity index (χ4v) is 1.98. The van der Waals surface area contributed by atoms with E-state index in [2.05, 4.69) is 16.0 Å². The second-order valence-electron chi connectivity index (χ2n) is 3.91. The molecule has 0 spiro atoms. The summed E-state index contributed by atoms with van der Waals surface area (Å²) in [6, 6.07) is 11.5. The number of aldehydes is 1. The van der Waals surface area contributed by atoms with Gasteiger partial charge in [0.1, 0.15) is 17.3 Å². The van der Waals surface area contributed by atoms with E-state index in [-0.39, 0.29) is 10.7 Å². The average molecular weight is 287 g/mol. The summed E-state index contributed by atoms with van der Waals surface area (Å²) in [6.45, 7) is 0.411. The van der Waals surface area contributed by atoms with Crippen molar-refractivity contribution >= 4 is 29.4 Å². The lowest BCUT2D eigenvalue weighted by atomic mass is 10.2. The van der Waals surface area contributed by atoms with Crippen LogP contribution >= 0.6 is 11.6 Å². The lowest BCUT2D eigenvalue weighted by molar-refractivity contribution is 0.112. The summed E-state index contributed by atoms with van der Waals surface area (Å²) < 4.78 is 0. The molecule has 20 heavy (non-hydrogen) atoms. The average Bonchev–Trinajstić information content (AvgIpc) is 2.49.